The zero-order chi connectivity index (χ0) is 63.2. The smallest absolute Gasteiger partial charge is 0.413 e. The quantitative estimate of drug-likeness (QED) is 0.0363. The van der Waals surface area contributed by atoms with Crippen LogP contribution in [0.2, 0.25) is 0 Å². The number of carbonyl (C=O) groups is 7. The van der Waals surface area contributed by atoms with Crippen molar-refractivity contribution in [3.05, 3.63) is 227 Å². The number of carbonyl (C=O) groups excluding carboxylic acids is 7. The number of hydrogen-bond acceptors (Lipinski definition) is 16. The molecule has 0 spiro atoms. The van der Waals surface area contributed by atoms with Crippen molar-refractivity contribution < 1.29 is 52.5 Å². The molecule has 0 fully saturated rings. The lowest BCUT2D eigenvalue weighted by Gasteiger charge is -2.27. The fraction of sp³-hybridized carbons (Fsp3) is 0.212. The van der Waals surface area contributed by atoms with Gasteiger partial charge in [-0.05, 0) is 83.5 Å². The van der Waals surface area contributed by atoms with Gasteiger partial charge in [0.2, 0.25) is 17.7 Å². The van der Waals surface area contributed by atoms with Gasteiger partial charge in [-0.2, -0.15) is 4.98 Å². The molecule has 0 saturated heterocycles. The standard InChI is InChI=1S/C66H62N12O12/c1-66(2,3)90-58(82)37-77(57(81)36-78-42-69-59-60(67-41-68-61(59)78)74-65(86)88-39-44-20-8-5-9-21-44)33-45-22-10-16-28-52(45)70-55(79)34-76(56(80)35-75-31-30-54(72-62(75)83)73-64(85)87-38-43-18-6-4-7-19-43)32-46-23-11-17-29-53(46)71-63(84)89-40-51-49-26-14-12-24-47(49)48-25-13-15-27-50(48)51/h4-31,41-42,51H,32-40H2,1-3H3,(H,70,79)(H,71,84)(H,67,68,74,86)(H,72,73,83,85). The summed E-state index contributed by atoms with van der Waals surface area (Å²) in [5, 5.41) is 10.7. The van der Waals surface area contributed by atoms with Crippen molar-refractivity contribution in [2.45, 2.75) is 71.7 Å². The van der Waals surface area contributed by atoms with Gasteiger partial charge in [0.25, 0.3) is 0 Å². The topological polar surface area (TPSA) is 289 Å². The Morgan fingerprint density at radius 3 is 1.67 bits per heavy atom. The number of benzene rings is 6. The van der Waals surface area contributed by atoms with Gasteiger partial charge in [0.1, 0.15) is 63.7 Å². The molecular formula is C66H62N12O12. The van der Waals surface area contributed by atoms with E-state index in [0.717, 1.165) is 37.9 Å². The summed E-state index contributed by atoms with van der Waals surface area (Å²) in [4.78, 5) is 129. The molecule has 1 aliphatic rings. The van der Waals surface area contributed by atoms with E-state index in [2.05, 4.69) is 41.2 Å². The molecule has 4 N–H and O–H groups in total. The second-order valence-corrected chi connectivity index (χ2v) is 21.8. The summed E-state index contributed by atoms with van der Waals surface area (Å²) in [5.41, 5.74) is 5.47. The van der Waals surface area contributed by atoms with Crippen LogP contribution in [-0.4, -0.2) is 106 Å². The number of para-hydroxylation sites is 2. The Labute approximate surface area is 515 Å². The number of nitrogens with zero attached hydrogens (tertiary/aromatic N) is 8. The van der Waals surface area contributed by atoms with Crippen molar-refractivity contribution in [3.8, 4) is 11.1 Å². The van der Waals surface area contributed by atoms with Gasteiger partial charge in [-0.3, -0.25) is 39.7 Å². The third-order valence-electron chi connectivity index (χ3n) is 14.2. The Kier molecular flexibility index (Phi) is 19.3. The lowest BCUT2D eigenvalue weighted by molar-refractivity contribution is -0.159. The molecule has 3 heterocycles. The number of ether oxygens (including phenoxy) is 4. The Bertz CT molecular complexity index is 4130. The number of fused-ring (bicyclic) bond motifs is 4. The number of anilines is 4. The van der Waals surface area contributed by atoms with Crippen LogP contribution >= 0.6 is 0 Å². The molecule has 0 bridgehead atoms. The highest BCUT2D eigenvalue weighted by Crippen LogP contribution is 2.44. The Hall–Kier alpha value is -11.6. The second-order valence-electron chi connectivity index (χ2n) is 21.8. The van der Waals surface area contributed by atoms with Crippen LogP contribution in [0.1, 0.15) is 60.1 Å². The van der Waals surface area contributed by atoms with Crippen LogP contribution in [0.15, 0.2) is 187 Å². The molecule has 6 aromatic carbocycles. The molecule has 1 aliphatic carbocycles. The molecule has 0 radical (unpaired) electrons. The molecule has 0 unspecified atom stereocenters. The molecule has 0 saturated carbocycles. The molecule has 0 aliphatic heterocycles. The van der Waals surface area contributed by atoms with E-state index in [1.165, 1.54) is 39.3 Å². The predicted octanol–water partition coefficient (Wildman–Crippen LogP) is 9.28. The highest BCUT2D eigenvalue weighted by molar-refractivity contribution is 5.96. The van der Waals surface area contributed by atoms with Crippen molar-refractivity contribution >= 4 is 76.1 Å². The number of imidazole rings is 1. The second kappa shape index (κ2) is 28.3. The largest absolute Gasteiger partial charge is 0.459 e. The predicted molar refractivity (Wildman–Crippen MR) is 331 cm³/mol. The van der Waals surface area contributed by atoms with Crippen molar-refractivity contribution in [2.75, 3.05) is 41.0 Å². The van der Waals surface area contributed by atoms with Crippen molar-refractivity contribution in [1.29, 1.82) is 0 Å². The van der Waals surface area contributed by atoms with E-state index in [-0.39, 0.29) is 73.0 Å². The molecule has 10 rings (SSSR count). The van der Waals surface area contributed by atoms with E-state index >= 15 is 0 Å². The zero-order valence-corrected chi connectivity index (χ0v) is 49.2. The van der Waals surface area contributed by atoms with Crippen molar-refractivity contribution in [2.24, 2.45) is 0 Å². The maximum atomic E-state index is 14.6. The lowest BCUT2D eigenvalue weighted by atomic mass is 9.98. The molecule has 90 heavy (non-hydrogen) atoms. The highest BCUT2D eigenvalue weighted by Gasteiger charge is 2.30. The van der Waals surface area contributed by atoms with Crippen molar-refractivity contribution in [3.63, 3.8) is 0 Å². The number of nitrogens with one attached hydrogen (secondary N) is 4. The van der Waals surface area contributed by atoms with Gasteiger partial charge >= 0.3 is 29.9 Å². The highest BCUT2D eigenvalue weighted by atomic mass is 16.6. The molecule has 24 heteroatoms. The van der Waals surface area contributed by atoms with Crippen LogP contribution in [0.3, 0.4) is 0 Å². The van der Waals surface area contributed by atoms with Crippen LogP contribution in [0.4, 0.5) is 37.4 Å². The van der Waals surface area contributed by atoms with Gasteiger partial charge < -0.3 is 38.6 Å². The lowest BCUT2D eigenvalue weighted by Crippen LogP contribution is -2.41. The average Bonchev–Trinajstić information content (AvgIpc) is 1.65. The van der Waals surface area contributed by atoms with E-state index in [1.807, 2.05) is 72.8 Å². The normalized spacial score (nSPS) is 11.5. The van der Waals surface area contributed by atoms with Gasteiger partial charge in [0.15, 0.2) is 17.0 Å². The van der Waals surface area contributed by atoms with Crippen LogP contribution in [0.5, 0.6) is 0 Å². The zero-order valence-electron chi connectivity index (χ0n) is 49.2. The van der Waals surface area contributed by atoms with E-state index in [4.69, 9.17) is 18.9 Å². The monoisotopic (exact) mass is 1210 g/mol. The first-order valence-electron chi connectivity index (χ1n) is 28.5. The summed E-state index contributed by atoms with van der Waals surface area (Å²) in [5.74, 6) is -3.07. The van der Waals surface area contributed by atoms with Crippen LogP contribution in [0.25, 0.3) is 22.3 Å². The summed E-state index contributed by atoms with van der Waals surface area (Å²) < 4.78 is 24.6. The molecule has 9 aromatic rings. The third kappa shape index (κ3) is 16.1. The first-order valence-corrected chi connectivity index (χ1v) is 28.5. The van der Waals surface area contributed by atoms with Gasteiger partial charge in [-0.1, -0.05) is 146 Å². The number of amides is 6. The summed E-state index contributed by atoms with van der Waals surface area (Å²) in [6.07, 6.45) is 1.36. The summed E-state index contributed by atoms with van der Waals surface area (Å²) in [6, 6.07) is 48.5. The minimum absolute atomic E-state index is 0.0000974. The summed E-state index contributed by atoms with van der Waals surface area (Å²) >= 11 is 0. The van der Waals surface area contributed by atoms with E-state index in [0.29, 0.717) is 11.1 Å². The number of rotatable bonds is 22. The maximum Gasteiger partial charge on any atom is 0.413 e. The van der Waals surface area contributed by atoms with E-state index < -0.39 is 79.4 Å². The van der Waals surface area contributed by atoms with Crippen molar-refractivity contribution in [1.82, 2.24) is 38.9 Å². The van der Waals surface area contributed by atoms with Crippen LogP contribution in [-0.2, 0) is 77.5 Å². The molecule has 3 aromatic heterocycles. The van der Waals surface area contributed by atoms with E-state index in [1.54, 1.807) is 106 Å². The van der Waals surface area contributed by atoms with Gasteiger partial charge in [-0.25, -0.2) is 34.1 Å². The Morgan fingerprint density at radius 1 is 0.544 bits per heavy atom. The molecular weight excluding hydrogens is 1150 g/mol. The number of aromatic nitrogens is 6. The number of hydrogen-bond donors (Lipinski definition) is 4. The number of esters is 1. The average molecular weight is 1220 g/mol. The molecule has 24 nitrogen and oxygen atoms in total. The van der Waals surface area contributed by atoms with Gasteiger partial charge in [0, 0.05) is 36.6 Å². The first-order chi connectivity index (χ1) is 43.5. The maximum absolute atomic E-state index is 14.6. The van der Waals surface area contributed by atoms with Crippen LogP contribution in [0, 0.1) is 0 Å². The minimum atomic E-state index is -0.913. The summed E-state index contributed by atoms with van der Waals surface area (Å²) in [6.45, 7) is 2.41. The fourth-order valence-corrected chi connectivity index (χ4v) is 9.99. The molecule has 458 valence electrons. The SMILES string of the molecule is CC(C)(C)OC(=O)CN(Cc1ccccc1NC(=O)CN(Cc1ccccc1NC(=O)OCC1c2ccccc2-c2ccccc21)C(=O)Cn1ccc(NC(=O)OCc2ccccc2)nc1=O)C(=O)Cn1cnc2c(NC(=O)OCc3ccccc3)ncnc21. The minimum Gasteiger partial charge on any atom is -0.459 e. The van der Waals surface area contributed by atoms with Gasteiger partial charge in [-0.15, -0.1) is 0 Å². The molecule has 0 atom stereocenters. The molecule has 6 amide bonds. The fourth-order valence-electron chi connectivity index (χ4n) is 9.99. The third-order valence-corrected chi connectivity index (χ3v) is 14.2. The summed E-state index contributed by atoms with van der Waals surface area (Å²) in [7, 11) is 0. The Balaban J connectivity index is 0.857. The Morgan fingerprint density at radius 2 is 1.07 bits per heavy atom. The van der Waals surface area contributed by atoms with Crippen LogP contribution < -0.4 is 27.0 Å². The van der Waals surface area contributed by atoms with Gasteiger partial charge in [0.05, 0.1) is 6.33 Å². The van der Waals surface area contributed by atoms with E-state index in [9.17, 15) is 38.4 Å². The first kappa shape index (κ1) is 61.5.